The number of alkyl halides is 5. The molecule has 0 aliphatic carbocycles. The summed E-state index contributed by atoms with van der Waals surface area (Å²) >= 11 is 5.78. The molecule has 0 bridgehead atoms. The molecule has 1 N–H and O–H groups in total. The Morgan fingerprint density at radius 1 is 1.37 bits per heavy atom. The van der Waals surface area contributed by atoms with Crippen LogP contribution < -0.4 is 5.32 Å². The van der Waals surface area contributed by atoms with Gasteiger partial charge in [0.05, 0.1) is 16.3 Å². The minimum Gasteiger partial charge on any atom is -0.349 e. The van der Waals surface area contributed by atoms with Gasteiger partial charge in [-0.25, -0.2) is 13.5 Å². The second-order valence-corrected chi connectivity index (χ2v) is 6.11. The number of aromatic nitrogens is 3. The summed E-state index contributed by atoms with van der Waals surface area (Å²) in [6, 6.07) is -0.0990. The highest BCUT2D eigenvalue weighted by atomic mass is 35.5. The molecule has 5 nitrogen and oxygen atoms in total. The van der Waals surface area contributed by atoms with Crippen LogP contribution in [0.2, 0.25) is 5.02 Å². The predicted octanol–water partition coefficient (Wildman–Crippen LogP) is 3.93. The summed E-state index contributed by atoms with van der Waals surface area (Å²) in [5.41, 5.74) is -2.89. The molecule has 0 aliphatic rings. The van der Waals surface area contributed by atoms with Crippen LogP contribution in [0.3, 0.4) is 0 Å². The van der Waals surface area contributed by atoms with Crippen molar-refractivity contribution in [3.05, 3.63) is 45.7 Å². The average molecular weight is 415 g/mol. The third-order valence-corrected chi connectivity index (χ3v) is 3.89. The van der Waals surface area contributed by atoms with Crippen LogP contribution in [0.15, 0.2) is 12.3 Å². The van der Waals surface area contributed by atoms with Gasteiger partial charge in [0.1, 0.15) is 11.3 Å². The Morgan fingerprint density at radius 3 is 2.52 bits per heavy atom. The fourth-order valence-corrected chi connectivity index (χ4v) is 2.54. The minimum atomic E-state index is -4.61. The summed E-state index contributed by atoms with van der Waals surface area (Å²) in [4.78, 5) is 15.8. The van der Waals surface area contributed by atoms with Crippen molar-refractivity contribution < 1.29 is 31.1 Å². The standard InChI is InChI=1S/C15H13ClF6N4O/c1-6(3-9-8(16)4-7(5-23-9)15(20,21)22)24-14(27)10-11(12(17)18)25-26(2)13(10)19/h4-6,12H,3H2,1-2H3,(H,24,27). The largest absolute Gasteiger partial charge is 0.417 e. The molecule has 0 radical (unpaired) electrons. The molecular formula is C15H13ClF6N4O. The zero-order valence-corrected chi connectivity index (χ0v) is 14.7. The van der Waals surface area contributed by atoms with E-state index in [0.29, 0.717) is 16.9 Å². The number of rotatable bonds is 5. The number of amides is 1. The van der Waals surface area contributed by atoms with Gasteiger partial charge in [0.25, 0.3) is 12.3 Å². The Kier molecular flexibility index (Phi) is 6.03. The van der Waals surface area contributed by atoms with Gasteiger partial charge in [-0.1, -0.05) is 11.6 Å². The summed E-state index contributed by atoms with van der Waals surface area (Å²) in [6.07, 6.45) is -7.29. The quantitative estimate of drug-likeness (QED) is 0.754. The highest BCUT2D eigenvalue weighted by Crippen LogP contribution is 2.31. The van der Waals surface area contributed by atoms with Crippen molar-refractivity contribution in [1.29, 1.82) is 0 Å². The lowest BCUT2D eigenvalue weighted by molar-refractivity contribution is -0.137. The van der Waals surface area contributed by atoms with Gasteiger partial charge in [-0.3, -0.25) is 9.78 Å². The van der Waals surface area contributed by atoms with E-state index in [4.69, 9.17) is 11.6 Å². The second-order valence-electron chi connectivity index (χ2n) is 5.70. The van der Waals surface area contributed by atoms with Crippen molar-refractivity contribution in [2.45, 2.75) is 32.0 Å². The molecule has 148 valence electrons. The SMILES string of the molecule is CC(Cc1ncc(C(F)(F)F)cc1Cl)NC(=O)c1c(C(F)F)nn(C)c1F. The maximum atomic E-state index is 13.9. The highest BCUT2D eigenvalue weighted by Gasteiger charge is 2.32. The lowest BCUT2D eigenvalue weighted by Crippen LogP contribution is -2.35. The van der Waals surface area contributed by atoms with Crippen LogP contribution in [-0.2, 0) is 19.6 Å². The number of hydrogen-bond donors (Lipinski definition) is 1. The average Bonchev–Trinajstić information content (AvgIpc) is 2.84. The first-order chi connectivity index (χ1) is 12.4. The van der Waals surface area contributed by atoms with Gasteiger partial charge < -0.3 is 5.32 Å². The van der Waals surface area contributed by atoms with E-state index >= 15 is 0 Å². The lowest BCUT2D eigenvalue weighted by atomic mass is 10.1. The normalized spacial score (nSPS) is 13.1. The van der Waals surface area contributed by atoms with Crippen molar-refractivity contribution in [1.82, 2.24) is 20.1 Å². The highest BCUT2D eigenvalue weighted by molar-refractivity contribution is 6.31. The van der Waals surface area contributed by atoms with Crippen molar-refractivity contribution in [3.8, 4) is 0 Å². The molecule has 2 aromatic heterocycles. The zero-order chi connectivity index (χ0) is 20.5. The number of nitrogens with one attached hydrogen (secondary N) is 1. The van der Waals surface area contributed by atoms with Crippen LogP contribution in [0.4, 0.5) is 26.3 Å². The Hall–Kier alpha value is -2.30. The topological polar surface area (TPSA) is 59.8 Å². The van der Waals surface area contributed by atoms with Crippen molar-refractivity contribution in [3.63, 3.8) is 0 Å². The molecular weight excluding hydrogens is 402 g/mol. The van der Waals surface area contributed by atoms with E-state index < -0.39 is 47.3 Å². The smallest absolute Gasteiger partial charge is 0.349 e. The van der Waals surface area contributed by atoms with Crippen LogP contribution in [0.5, 0.6) is 0 Å². The fourth-order valence-electron chi connectivity index (χ4n) is 2.29. The summed E-state index contributed by atoms with van der Waals surface area (Å²) in [5, 5.41) is 5.27. The Morgan fingerprint density at radius 2 is 2.00 bits per heavy atom. The summed E-state index contributed by atoms with van der Waals surface area (Å²) in [7, 11) is 1.06. The Balaban J connectivity index is 2.15. The molecule has 1 amide bonds. The molecule has 2 aromatic rings. The van der Waals surface area contributed by atoms with Gasteiger partial charge in [0.15, 0.2) is 0 Å². The second kappa shape index (κ2) is 7.75. The van der Waals surface area contributed by atoms with E-state index in [1.807, 2.05) is 0 Å². The van der Waals surface area contributed by atoms with Crippen LogP contribution in [0.1, 0.15) is 40.7 Å². The molecule has 0 saturated heterocycles. The maximum absolute atomic E-state index is 13.9. The molecule has 0 saturated carbocycles. The number of nitrogens with zero attached hydrogens (tertiary/aromatic N) is 3. The molecule has 0 fully saturated rings. The van der Waals surface area contributed by atoms with E-state index in [-0.39, 0.29) is 17.1 Å². The number of halogens is 7. The van der Waals surface area contributed by atoms with E-state index in [1.165, 1.54) is 6.92 Å². The third kappa shape index (κ3) is 4.71. The Bertz CT molecular complexity index is 852. The molecule has 1 atom stereocenters. The van der Waals surface area contributed by atoms with Gasteiger partial charge in [-0.15, -0.1) is 0 Å². The molecule has 0 spiro atoms. The maximum Gasteiger partial charge on any atom is 0.417 e. The van der Waals surface area contributed by atoms with Gasteiger partial charge in [-0.2, -0.15) is 22.7 Å². The first kappa shape index (κ1) is 21.0. The van der Waals surface area contributed by atoms with E-state index in [2.05, 4.69) is 15.4 Å². The number of hydrogen-bond acceptors (Lipinski definition) is 3. The number of carbonyl (C=O) groups is 1. The van der Waals surface area contributed by atoms with Gasteiger partial charge in [-0.05, 0) is 13.0 Å². The molecule has 2 heterocycles. The van der Waals surface area contributed by atoms with Gasteiger partial charge in [0.2, 0.25) is 5.95 Å². The number of pyridine rings is 1. The van der Waals surface area contributed by atoms with E-state index in [1.54, 1.807) is 0 Å². The lowest BCUT2D eigenvalue weighted by Gasteiger charge is -2.15. The summed E-state index contributed by atoms with van der Waals surface area (Å²) in [5.74, 6) is -2.37. The van der Waals surface area contributed by atoms with E-state index in [0.717, 1.165) is 7.05 Å². The number of aryl methyl sites for hydroxylation is 1. The third-order valence-electron chi connectivity index (χ3n) is 3.56. The van der Waals surface area contributed by atoms with Gasteiger partial charge in [0, 0.05) is 25.7 Å². The first-order valence-electron chi connectivity index (χ1n) is 7.44. The van der Waals surface area contributed by atoms with Crippen molar-refractivity contribution >= 4 is 17.5 Å². The monoisotopic (exact) mass is 414 g/mol. The van der Waals surface area contributed by atoms with Crippen LogP contribution in [0.25, 0.3) is 0 Å². The molecule has 0 aromatic carbocycles. The summed E-state index contributed by atoms with van der Waals surface area (Å²) in [6.45, 7) is 1.43. The van der Waals surface area contributed by atoms with E-state index in [9.17, 15) is 31.1 Å². The minimum absolute atomic E-state index is 0.0539. The molecule has 1 unspecified atom stereocenters. The molecule has 12 heteroatoms. The van der Waals surface area contributed by atoms with Crippen LogP contribution >= 0.6 is 11.6 Å². The molecule has 27 heavy (non-hydrogen) atoms. The fraction of sp³-hybridized carbons (Fsp3) is 0.400. The van der Waals surface area contributed by atoms with Crippen LogP contribution in [-0.4, -0.2) is 26.7 Å². The number of carbonyl (C=O) groups excluding carboxylic acids is 1. The first-order valence-corrected chi connectivity index (χ1v) is 7.82. The van der Waals surface area contributed by atoms with Crippen molar-refractivity contribution in [2.24, 2.45) is 7.05 Å². The summed E-state index contributed by atoms with van der Waals surface area (Å²) < 4.78 is 78.0. The van der Waals surface area contributed by atoms with Crippen molar-refractivity contribution in [2.75, 3.05) is 0 Å². The Labute approximate surface area is 154 Å². The molecule has 0 aliphatic heterocycles. The zero-order valence-electron chi connectivity index (χ0n) is 13.9. The molecule has 2 rings (SSSR count). The predicted molar refractivity (Wildman–Crippen MR) is 83.0 cm³/mol. The van der Waals surface area contributed by atoms with Crippen LogP contribution in [0, 0.1) is 5.95 Å². The van der Waals surface area contributed by atoms with Gasteiger partial charge >= 0.3 is 6.18 Å².